The number of aliphatic hydroxyl groups is 3. The van der Waals surface area contributed by atoms with E-state index in [1.54, 1.807) is 0 Å². The van der Waals surface area contributed by atoms with Crippen molar-refractivity contribution in [3.63, 3.8) is 0 Å². The number of aromatic nitrogens is 4. The van der Waals surface area contributed by atoms with Gasteiger partial charge in [0, 0.05) is 20.8 Å². The summed E-state index contributed by atoms with van der Waals surface area (Å²) in [4.78, 5) is 57.4. The summed E-state index contributed by atoms with van der Waals surface area (Å²) in [5, 5.41) is 32.3. The van der Waals surface area contributed by atoms with E-state index < -0.39 is 53.7 Å². The van der Waals surface area contributed by atoms with Gasteiger partial charge in [0.1, 0.15) is 6.33 Å². The third kappa shape index (κ3) is 3.14. The zero-order valence-electron chi connectivity index (χ0n) is 16.4. The molecule has 1 aliphatic heterocycles. The molecule has 15 heteroatoms. The van der Waals surface area contributed by atoms with Crippen molar-refractivity contribution in [2.24, 2.45) is 0 Å². The minimum atomic E-state index is -3.51. The summed E-state index contributed by atoms with van der Waals surface area (Å²) in [7, 11) is 0. The standard InChI is InChI=1S/C16H18N4O11/c1-7(22)28-14(26)10(4-21)31-16(30-9(3)24,15(14,27)29-8(2)23)20-6-19-11-12(20)17-5-18-13(11)25/h5-6,10,21,26-27H,4H2,1-3H3,(H,17,18,25)/t10-,14+,15+,16-/m1/s1. The molecular formula is C16H18N4O11. The zero-order valence-corrected chi connectivity index (χ0v) is 16.4. The molecule has 4 atom stereocenters. The molecule has 0 aromatic carbocycles. The number of fused-ring (bicyclic) bond motifs is 1. The molecule has 0 saturated carbocycles. The molecule has 0 unspecified atom stereocenters. The number of H-pyrrole nitrogens is 1. The van der Waals surface area contributed by atoms with Crippen molar-refractivity contribution in [2.75, 3.05) is 6.61 Å². The van der Waals surface area contributed by atoms with Crippen LogP contribution in [0.15, 0.2) is 17.4 Å². The minimum absolute atomic E-state index is 0.314. The molecule has 0 radical (unpaired) electrons. The second-order valence-corrected chi connectivity index (χ2v) is 6.51. The average molecular weight is 442 g/mol. The highest BCUT2D eigenvalue weighted by molar-refractivity contribution is 5.71. The monoisotopic (exact) mass is 442 g/mol. The topological polar surface area (TPSA) is 212 Å². The fourth-order valence-corrected chi connectivity index (χ4v) is 3.28. The lowest BCUT2D eigenvalue weighted by atomic mass is 9.99. The molecule has 2 aromatic rings. The number of aliphatic hydroxyl groups excluding tert-OH is 1. The van der Waals surface area contributed by atoms with Crippen molar-refractivity contribution in [3.05, 3.63) is 23.0 Å². The van der Waals surface area contributed by atoms with E-state index in [1.165, 1.54) is 0 Å². The van der Waals surface area contributed by atoms with E-state index in [9.17, 15) is 34.5 Å². The van der Waals surface area contributed by atoms with Gasteiger partial charge in [0.2, 0.25) is 0 Å². The van der Waals surface area contributed by atoms with Crippen LogP contribution >= 0.6 is 0 Å². The van der Waals surface area contributed by atoms with Crippen LogP contribution in [-0.4, -0.2) is 77.0 Å². The maximum absolute atomic E-state index is 12.0. The SMILES string of the molecule is CC(=O)O[C@@]1(n2cnc3c(=O)[nH]cnc32)O[C@H](CO)[C@](O)(OC(C)=O)[C@]1(O)OC(C)=O. The molecule has 1 aliphatic rings. The summed E-state index contributed by atoms with van der Waals surface area (Å²) in [5.41, 5.74) is -1.39. The molecule has 0 bridgehead atoms. The van der Waals surface area contributed by atoms with Crippen LogP contribution in [0.3, 0.4) is 0 Å². The minimum Gasteiger partial charge on any atom is -0.423 e. The molecule has 168 valence electrons. The van der Waals surface area contributed by atoms with Crippen molar-refractivity contribution < 1.29 is 48.7 Å². The van der Waals surface area contributed by atoms with E-state index in [4.69, 9.17) is 18.9 Å². The summed E-state index contributed by atoms with van der Waals surface area (Å²) in [5.74, 6) is -13.4. The molecule has 3 heterocycles. The van der Waals surface area contributed by atoms with Crippen molar-refractivity contribution >= 4 is 29.1 Å². The molecule has 1 fully saturated rings. The van der Waals surface area contributed by atoms with Gasteiger partial charge in [-0.3, -0.25) is 19.2 Å². The Kier molecular flexibility index (Phi) is 5.31. The van der Waals surface area contributed by atoms with Gasteiger partial charge in [-0.25, -0.2) is 14.5 Å². The van der Waals surface area contributed by atoms with Crippen molar-refractivity contribution in [2.45, 2.75) is 44.4 Å². The third-order valence-electron chi connectivity index (χ3n) is 4.35. The van der Waals surface area contributed by atoms with E-state index >= 15 is 0 Å². The largest absolute Gasteiger partial charge is 0.423 e. The summed E-state index contributed by atoms with van der Waals surface area (Å²) >= 11 is 0. The highest BCUT2D eigenvalue weighted by atomic mass is 16.9. The first-order chi connectivity index (χ1) is 14.4. The van der Waals surface area contributed by atoms with Gasteiger partial charge in [0.05, 0.1) is 12.9 Å². The Morgan fingerprint density at radius 3 is 2.29 bits per heavy atom. The first kappa shape index (κ1) is 22.3. The molecule has 31 heavy (non-hydrogen) atoms. The lowest BCUT2D eigenvalue weighted by Crippen LogP contribution is -2.69. The molecule has 0 amide bonds. The fraction of sp³-hybridized carbons (Fsp3) is 0.500. The second kappa shape index (κ2) is 7.38. The number of aromatic amines is 1. The fourth-order valence-electron chi connectivity index (χ4n) is 3.28. The van der Waals surface area contributed by atoms with E-state index in [0.29, 0.717) is 4.57 Å². The Morgan fingerprint density at radius 2 is 1.74 bits per heavy atom. The van der Waals surface area contributed by atoms with E-state index in [0.717, 1.165) is 33.4 Å². The predicted octanol–water partition coefficient (Wildman–Crippen LogP) is -2.81. The van der Waals surface area contributed by atoms with Crippen molar-refractivity contribution in [1.29, 1.82) is 0 Å². The van der Waals surface area contributed by atoms with Crippen LogP contribution in [0.4, 0.5) is 0 Å². The van der Waals surface area contributed by atoms with Crippen molar-refractivity contribution in [1.82, 2.24) is 19.5 Å². The number of hydrogen-bond acceptors (Lipinski definition) is 13. The van der Waals surface area contributed by atoms with Crippen LogP contribution in [0.1, 0.15) is 20.8 Å². The van der Waals surface area contributed by atoms with Gasteiger partial charge < -0.3 is 39.3 Å². The number of rotatable bonds is 5. The van der Waals surface area contributed by atoms with E-state index in [1.807, 2.05) is 0 Å². The van der Waals surface area contributed by atoms with Crippen LogP contribution in [-0.2, 0) is 39.2 Å². The number of nitrogens with zero attached hydrogens (tertiary/aromatic N) is 3. The number of hydrogen-bond donors (Lipinski definition) is 4. The summed E-state index contributed by atoms with van der Waals surface area (Å²) in [6.45, 7) is 1.44. The number of nitrogens with one attached hydrogen (secondary N) is 1. The maximum Gasteiger partial charge on any atom is 0.380 e. The number of ether oxygens (including phenoxy) is 4. The summed E-state index contributed by atoms with van der Waals surface area (Å²) in [6, 6.07) is 0. The van der Waals surface area contributed by atoms with Crippen LogP contribution in [0.5, 0.6) is 0 Å². The molecule has 2 aromatic heterocycles. The van der Waals surface area contributed by atoms with Crippen LogP contribution in [0.25, 0.3) is 11.2 Å². The third-order valence-corrected chi connectivity index (χ3v) is 4.35. The zero-order chi connectivity index (χ0) is 23.2. The van der Waals surface area contributed by atoms with Gasteiger partial charge in [-0.15, -0.1) is 0 Å². The Hall–Kier alpha value is -3.40. The molecule has 0 aliphatic carbocycles. The van der Waals surface area contributed by atoms with E-state index in [-0.39, 0.29) is 11.2 Å². The molecule has 15 nitrogen and oxygen atoms in total. The normalized spacial score (nSPS) is 30.2. The smallest absolute Gasteiger partial charge is 0.380 e. The molecular weight excluding hydrogens is 424 g/mol. The number of esters is 3. The number of imidazole rings is 1. The van der Waals surface area contributed by atoms with Gasteiger partial charge in [-0.05, 0) is 0 Å². The van der Waals surface area contributed by atoms with Crippen LogP contribution in [0, 0.1) is 0 Å². The van der Waals surface area contributed by atoms with Gasteiger partial charge in [0.25, 0.3) is 5.56 Å². The highest BCUT2D eigenvalue weighted by Crippen LogP contribution is 2.52. The van der Waals surface area contributed by atoms with Crippen molar-refractivity contribution in [3.8, 4) is 0 Å². The maximum atomic E-state index is 12.0. The highest BCUT2D eigenvalue weighted by Gasteiger charge is 2.83. The molecule has 0 spiro atoms. The van der Waals surface area contributed by atoms with Gasteiger partial charge in [-0.1, -0.05) is 0 Å². The van der Waals surface area contributed by atoms with E-state index in [2.05, 4.69) is 15.0 Å². The van der Waals surface area contributed by atoms with Gasteiger partial charge in [-0.2, -0.15) is 0 Å². The number of carbonyl (C=O) groups is 3. The van der Waals surface area contributed by atoms with Gasteiger partial charge in [0.15, 0.2) is 17.3 Å². The molecule has 1 saturated heterocycles. The first-order valence-electron chi connectivity index (χ1n) is 8.65. The summed E-state index contributed by atoms with van der Waals surface area (Å²) in [6.07, 6.45) is -0.232. The average Bonchev–Trinajstić information content (AvgIpc) is 3.14. The quantitative estimate of drug-likeness (QED) is 0.209. The molecule has 3 rings (SSSR count). The Morgan fingerprint density at radius 1 is 1.13 bits per heavy atom. The Balaban J connectivity index is 2.41. The lowest BCUT2D eigenvalue weighted by Gasteiger charge is -2.41. The Labute approximate surface area is 172 Å². The summed E-state index contributed by atoms with van der Waals surface area (Å²) < 4.78 is 20.9. The predicted molar refractivity (Wildman–Crippen MR) is 93.3 cm³/mol. The number of carbonyl (C=O) groups excluding carboxylic acids is 3. The Bertz CT molecular complexity index is 1110. The van der Waals surface area contributed by atoms with Gasteiger partial charge >= 0.3 is 35.4 Å². The first-order valence-corrected chi connectivity index (χ1v) is 8.65. The van der Waals surface area contributed by atoms with Crippen LogP contribution < -0.4 is 5.56 Å². The lowest BCUT2D eigenvalue weighted by molar-refractivity contribution is -0.422. The second-order valence-electron chi connectivity index (χ2n) is 6.51. The van der Waals surface area contributed by atoms with Crippen LogP contribution in [0.2, 0.25) is 0 Å². The molecule has 4 N–H and O–H groups in total.